The summed E-state index contributed by atoms with van der Waals surface area (Å²) < 4.78 is 0. The van der Waals surface area contributed by atoms with Crippen LogP contribution in [-0.4, -0.2) is 36.5 Å². The SMILES string of the molecule is O=C(N1CCC(NCC2CC2)CC1)C1(c2ccccc2)CCCC1. The van der Waals surface area contributed by atoms with Crippen molar-refractivity contribution in [2.45, 2.75) is 62.8 Å². The lowest BCUT2D eigenvalue weighted by Crippen LogP contribution is -2.51. The van der Waals surface area contributed by atoms with E-state index in [1.807, 2.05) is 6.07 Å². The van der Waals surface area contributed by atoms with Crippen molar-refractivity contribution >= 4 is 5.91 Å². The highest BCUT2D eigenvalue weighted by Crippen LogP contribution is 2.43. The van der Waals surface area contributed by atoms with Crippen LogP contribution in [0.5, 0.6) is 0 Å². The zero-order chi connectivity index (χ0) is 16.4. The van der Waals surface area contributed by atoms with Crippen LogP contribution in [0.2, 0.25) is 0 Å². The Morgan fingerprint density at radius 3 is 2.33 bits per heavy atom. The molecule has 0 atom stereocenters. The summed E-state index contributed by atoms with van der Waals surface area (Å²) in [4.78, 5) is 15.6. The summed E-state index contributed by atoms with van der Waals surface area (Å²) in [5.74, 6) is 1.33. The summed E-state index contributed by atoms with van der Waals surface area (Å²) in [6.07, 6.45) is 9.45. The second-order valence-electron chi connectivity index (χ2n) is 8.07. The molecule has 2 saturated carbocycles. The molecule has 3 aliphatic rings. The third kappa shape index (κ3) is 3.23. The highest BCUT2D eigenvalue weighted by atomic mass is 16.2. The summed E-state index contributed by atoms with van der Waals surface area (Å²) >= 11 is 0. The maximum absolute atomic E-state index is 13.4. The van der Waals surface area contributed by atoms with Crippen LogP contribution >= 0.6 is 0 Å². The molecule has 3 fully saturated rings. The van der Waals surface area contributed by atoms with Gasteiger partial charge in [-0.25, -0.2) is 0 Å². The predicted molar refractivity (Wildman–Crippen MR) is 96.9 cm³/mol. The first-order valence-corrected chi connectivity index (χ1v) is 9.86. The van der Waals surface area contributed by atoms with E-state index in [0.717, 1.165) is 44.7 Å². The van der Waals surface area contributed by atoms with E-state index in [1.54, 1.807) is 0 Å². The summed E-state index contributed by atoms with van der Waals surface area (Å²) in [5.41, 5.74) is 0.997. The molecule has 1 N–H and O–H groups in total. The fourth-order valence-corrected chi connectivity index (χ4v) is 4.61. The molecular formula is C21H30N2O. The number of nitrogens with zero attached hydrogens (tertiary/aromatic N) is 1. The molecule has 2 aliphatic carbocycles. The minimum absolute atomic E-state index is 0.241. The average Bonchev–Trinajstić information content (AvgIpc) is 3.34. The number of carbonyl (C=O) groups is 1. The lowest BCUT2D eigenvalue weighted by atomic mass is 9.77. The van der Waals surface area contributed by atoms with Crippen molar-refractivity contribution in [2.24, 2.45) is 5.92 Å². The van der Waals surface area contributed by atoms with E-state index in [9.17, 15) is 4.79 Å². The predicted octanol–water partition coefficient (Wildman–Crippen LogP) is 3.49. The molecule has 3 nitrogen and oxygen atoms in total. The van der Waals surface area contributed by atoms with Gasteiger partial charge in [-0.3, -0.25) is 4.79 Å². The van der Waals surface area contributed by atoms with Crippen molar-refractivity contribution in [3.8, 4) is 0 Å². The van der Waals surface area contributed by atoms with Gasteiger partial charge in [-0.15, -0.1) is 0 Å². The second kappa shape index (κ2) is 6.87. The van der Waals surface area contributed by atoms with Crippen LogP contribution in [0.1, 0.15) is 56.9 Å². The number of hydrogen-bond donors (Lipinski definition) is 1. The number of rotatable bonds is 5. The summed E-state index contributed by atoms with van der Waals surface area (Å²) in [6, 6.07) is 11.1. The van der Waals surface area contributed by atoms with Crippen molar-refractivity contribution in [2.75, 3.05) is 19.6 Å². The van der Waals surface area contributed by atoms with Gasteiger partial charge >= 0.3 is 0 Å². The van der Waals surface area contributed by atoms with E-state index in [-0.39, 0.29) is 5.41 Å². The van der Waals surface area contributed by atoms with Crippen LogP contribution in [0.25, 0.3) is 0 Å². The molecule has 0 spiro atoms. The Hall–Kier alpha value is -1.35. The van der Waals surface area contributed by atoms with Gasteiger partial charge in [0.2, 0.25) is 5.91 Å². The normalized spacial score (nSPS) is 24.2. The molecule has 1 aromatic rings. The van der Waals surface area contributed by atoms with E-state index < -0.39 is 0 Å². The van der Waals surface area contributed by atoms with E-state index in [1.165, 1.54) is 37.8 Å². The number of hydrogen-bond acceptors (Lipinski definition) is 2. The van der Waals surface area contributed by atoms with Gasteiger partial charge in [0.15, 0.2) is 0 Å². The molecule has 24 heavy (non-hydrogen) atoms. The van der Waals surface area contributed by atoms with Gasteiger partial charge in [-0.1, -0.05) is 43.2 Å². The number of benzene rings is 1. The number of amides is 1. The Kier molecular flexibility index (Phi) is 4.62. The third-order valence-electron chi connectivity index (χ3n) is 6.37. The van der Waals surface area contributed by atoms with Gasteiger partial charge in [-0.05, 0) is 56.6 Å². The van der Waals surface area contributed by atoms with Crippen molar-refractivity contribution in [3.63, 3.8) is 0 Å². The Balaban J connectivity index is 1.40. The molecule has 1 aliphatic heterocycles. The van der Waals surface area contributed by atoms with E-state index in [2.05, 4.69) is 34.5 Å². The summed E-state index contributed by atoms with van der Waals surface area (Å²) in [5, 5.41) is 3.72. The molecule has 130 valence electrons. The Morgan fingerprint density at radius 2 is 1.71 bits per heavy atom. The number of carbonyl (C=O) groups excluding carboxylic acids is 1. The maximum Gasteiger partial charge on any atom is 0.233 e. The maximum atomic E-state index is 13.4. The van der Waals surface area contributed by atoms with Crippen molar-refractivity contribution in [3.05, 3.63) is 35.9 Å². The fraction of sp³-hybridized carbons (Fsp3) is 0.667. The van der Waals surface area contributed by atoms with Gasteiger partial charge in [0.05, 0.1) is 5.41 Å². The zero-order valence-corrected chi connectivity index (χ0v) is 14.7. The fourth-order valence-electron chi connectivity index (χ4n) is 4.61. The summed E-state index contributed by atoms with van der Waals surface area (Å²) in [6.45, 7) is 3.04. The monoisotopic (exact) mass is 326 g/mol. The minimum Gasteiger partial charge on any atom is -0.342 e. The molecule has 0 radical (unpaired) electrons. The molecule has 1 heterocycles. The largest absolute Gasteiger partial charge is 0.342 e. The van der Waals surface area contributed by atoms with Gasteiger partial charge in [0.25, 0.3) is 0 Å². The Morgan fingerprint density at radius 1 is 1.04 bits per heavy atom. The third-order valence-corrected chi connectivity index (χ3v) is 6.37. The van der Waals surface area contributed by atoms with Crippen molar-refractivity contribution < 1.29 is 4.79 Å². The van der Waals surface area contributed by atoms with E-state index in [0.29, 0.717) is 11.9 Å². The smallest absolute Gasteiger partial charge is 0.233 e. The second-order valence-corrected chi connectivity index (χ2v) is 8.07. The van der Waals surface area contributed by atoms with Crippen LogP contribution < -0.4 is 5.32 Å². The van der Waals surface area contributed by atoms with Gasteiger partial charge in [0.1, 0.15) is 0 Å². The van der Waals surface area contributed by atoms with E-state index >= 15 is 0 Å². The quantitative estimate of drug-likeness (QED) is 0.898. The number of nitrogens with one attached hydrogen (secondary N) is 1. The molecule has 1 aromatic carbocycles. The molecule has 0 bridgehead atoms. The van der Waals surface area contributed by atoms with Crippen molar-refractivity contribution in [1.82, 2.24) is 10.2 Å². The Labute approximate surface area is 145 Å². The summed E-state index contributed by atoms with van der Waals surface area (Å²) in [7, 11) is 0. The molecule has 4 rings (SSSR count). The molecule has 0 aromatic heterocycles. The average molecular weight is 326 g/mol. The molecule has 1 amide bonds. The standard InChI is InChI=1S/C21H30N2O/c24-20(21(12-4-5-13-21)18-6-2-1-3-7-18)23-14-10-19(11-15-23)22-16-17-8-9-17/h1-3,6-7,17,19,22H,4-5,8-16H2. The molecule has 0 unspecified atom stereocenters. The Bertz CT molecular complexity index is 552. The first kappa shape index (κ1) is 16.1. The first-order valence-electron chi connectivity index (χ1n) is 9.86. The number of likely N-dealkylation sites (tertiary alicyclic amines) is 1. The van der Waals surface area contributed by atoms with Crippen LogP contribution in [0.3, 0.4) is 0 Å². The minimum atomic E-state index is -0.241. The van der Waals surface area contributed by atoms with Crippen LogP contribution in [0.4, 0.5) is 0 Å². The van der Waals surface area contributed by atoms with Crippen molar-refractivity contribution in [1.29, 1.82) is 0 Å². The lowest BCUT2D eigenvalue weighted by molar-refractivity contribution is -0.138. The van der Waals surface area contributed by atoms with Crippen LogP contribution in [0.15, 0.2) is 30.3 Å². The first-order chi connectivity index (χ1) is 11.8. The molecular weight excluding hydrogens is 296 g/mol. The van der Waals surface area contributed by atoms with Crippen LogP contribution in [-0.2, 0) is 10.2 Å². The lowest BCUT2D eigenvalue weighted by Gasteiger charge is -2.39. The zero-order valence-electron chi connectivity index (χ0n) is 14.7. The van der Waals surface area contributed by atoms with Crippen LogP contribution in [0, 0.1) is 5.92 Å². The highest BCUT2D eigenvalue weighted by Gasteiger charge is 2.45. The molecule has 3 heteroatoms. The topological polar surface area (TPSA) is 32.3 Å². The van der Waals surface area contributed by atoms with Gasteiger partial charge in [0, 0.05) is 19.1 Å². The van der Waals surface area contributed by atoms with Gasteiger partial charge < -0.3 is 10.2 Å². The van der Waals surface area contributed by atoms with E-state index in [4.69, 9.17) is 0 Å². The van der Waals surface area contributed by atoms with Gasteiger partial charge in [-0.2, -0.15) is 0 Å². The molecule has 1 saturated heterocycles. The highest BCUT2D eigenvalue weighted by molar-refractivity contribution is 5.88. The number of piperidine rings is 1.